The number of nitrogens with zero attached hydrogens (tertiary/aromatic N) is 1. The molecule has 8 heteroatoms. The maximum absolute atomic E-state index is 12.6. The second kappa shape index (κ2) is 9.14. The van der Waals surface area contributed by atoms with E-state index >= 15 is 0 Å². The number of rotatable bonds is 6. The van der Waals surface area contributed by atoms with Gasteiger partial charge in [-0.2, -0.15) is 8.78 Å². The average Bonchev–Trinajstić information content (AvgIpc) is 3.22. The van der Waals surface area contributed by atoms with Gasteiger partial charge in [-0.25, -0.2) is 0 Å². The molecule has 1 N–H and O–H groups in total. The number of alkyl halides is 2. The van der Waals surface area contributed by atoms with Crippen molar-refractivity contribution in [3.63, 3.8) is 0 Å². The molecule has 0 radical (unpaired) electrons. The first kappa shape index (κ1) is 20.3. The minimum absolute atomic E-state index is 0.0121. The predicted molar refractivity (Wildman–Crippen MR) is 103 cm³/mol. The van der Waals surface area contributed by atoms with Gasteiger partial charge in [0.05, 0.1) is 10.9 Å². The molecule has 0 bridgehead atoms. The smallest absolute Gasteiger partial charge is 0.387 e. The number of halogens is 2. The fourth-order valence-corrected chi connectivity index (χ4v) is 3.97. The molecule has 1 aromatic heterocycles. The summed E-state index contributed by atoms with van der Waals surface area (Å²) in [5.41, 5.74) is 0.691. The van der Waals surface area contributed by atoms with Gasteiger partial charge in [0, 0.05) is 19.0 Å². The van der Waals surface area contributed by atoms with Crippen LogP contribution in [0.4, 0.5) is 8.78 Å². The van der Waals surface area contributed by atoms with Gasteiger partial charge in [0.25, 0.3) is 5.91 Å². The van der Waals surface area contributed by atoms with Crippen LogP contribution in [0.2, 0.25) is 0 Å². The lowest BCUT2D eigenvalue weighted by atomic mass is 9.95. The van der Waals surface area contributed by atoms with Crippen LogP contribution in [-0.2, 0) is 4.79 Å². The fraction of sp³-hybridized carbons (Fsp3) is 0.400. The van der Waals surface area contributed by atoms with Crippen molar-refractivity contribution in [1.29, 1.82) is 0 Å². The topological polar surface area (TPSA) is 58.6 Å². The Balaban J connectivity index is 1.52. The van der Waals surface area contributed by atoms with E-state index in [0.717, 1.165) is 0 Å². The predicted octanol–water partition coefficient (Wildman–Crippen LogP) is 4.08. The summed E-state index contributed by atoms with van der Waals surface area (Å²) in [5.74, 6) is -0.182. The van der Waals surface area contributed by atoms with E-state index in [0.29, 0.717) is 36.4 Å². The quantitative estimate of drug-likeness (QED) is 0.784. The zero-order valence-corrected chi connectivity index (χ0v) is 16.3. The van der Waals surface area contributed by atoms with Crippen molar-refractivity contribution in [3.05, 3.63) is 52.2 Å². The van der Waals surface area contributed by atoms with Gasteiger partial charge in [-0.05, 0) is 48.9 Å². The van der Waals surface area contributed by atoms with Crippen molar-refractivity contribution < 1.29 is 23.1 Å². The van der Waals surface area contributed by atoms with E-state index in [1.54, 1.807) is 30.0 Å². The summed E-state index contributed by atoms with van der Waals surface area (Å²) in [5, 5.41) is 4.81. The number of carbonyl (C=O) groups is 2. The average molecular weight is 408 g/mol. The maximum Gasteiger partial charge on any atom is 0.387 e. The van der Waals surface area contributed by atoms with Gasteiger partial charge < -0.3 is 15.0 Å². The van der Waals surface area contributed by atoms with E-state index in [-0.39, 0.29) is 29.5 Å². The summed E-state index contributed by atoms with van der Waals surface area (Å²) in [4.78, 5) is 27.5. The van der Waals surface area contributed by atoms with Crippen LogP contribution < -0.4 is 10.1 Å². The molecule has 1 saturated heterocycles. The molecule has 1 unspecified atom stereocenters. The molecule has 2 amide bonds. The van der Waals surface area contributed by atoms with Crippen LogP contribution in [0.15, 0.2) is 41.8 Å². The molecule has 28 heavy (non-hydrogen) atoms. The number of thiophene rings is 1. The first-order chi connectivity index (χ1) is 13.4. The summed E-state index contributed by atoms with van der Waals surface area (Å²) >= 11 is 1.41. The number of hydrogen-bond acceptors (Lipinski definition) is 4. The third-order valence-corrected chi connectivity index (χ3v) is 5.68. The van der Waals surface area contributed by atoms with Gasteiger partial charge in [0.2, 0.25) is 5.91 Å². The molecule has 1 aromatic carbocycles. The van der Waals surface area contributed by atoms with E-state index in [9.17, 15) is 18.4 Å². The molecule has 150 valence electrons. The summed E-state index contributed by atoms with van der Waals surface area (Å²) < 4.78 is 29.1. The number of hydrogen-bond donors (Lipinski definition) is 1. The molecular weight excluding hydrogens is 386 g/mol. The maximum atomic E-state index is 12.6. The largest absolute Gasteiger partial charge is 0.435 e. The normalized spacial score (nSPS) is 16.1. The summed E-state index contributed by atoms with van der Waals surface area (Å²) in [6, 6.07) is 9.64. The lowest BCUT2D eigenvalue weighted by Gasteiger charge is -2.31. The standard InChI is InChI=1S/C20H22F2N2O3S/c1-13(15-4-2-5-16(12-15)27-20(21)22)23-18(25)14-7-9-24(10-8-14)19(26)17-6-3-11-28-17/h2-6,11-14,20H,7-10H2,1H3,(H,23,25). The van der Waals surface area contributed by atoms with Crippen LogP contribution >= 0.6 is 11.3 Å². The summed E-state index contributed by atoms with van der Waals surface area (Å²) in [6.07, 6.45) is 1.20. The van der Waals surface area contributed by atoms with E-state index in [4.69, 9.17) is 0 Å². The van der Waals surface area contributed by atoms with Crippen molar-refractivity contribution in [2.75, 3.05) is 13.1 Å². The number of nitrogens with one attached hydrogen (secondary N) is 1. The molecular formula is C20H22F2N2O3S. The van der Waals surface area contributed by atoms with Crippen molar-refractivity contribution in [2.45, 2.75) is 32.4 Å². The van der Waals surface area contributed by atoms with Crippen molar-refractivity contribution in [1.82, 2.24) is 10.2 Å². The highest BCUT2D eigenvalue weighted by molar-refractivity contribution is 7.12. The van der Waals surface area contributed by atoms with Gasteiger partial charge in [-0.15, -0.1) is 11.3 Å². The summed E-state index contributed by atoms with van der Waals surface area (Å²) in [7, 11) is 0. The lowest BCUT2D eigenvalue weighted by Crippen LogP contribution is -2.43. The Labute approximate surface area is 166 Å². The Hall–Kier alpha value is -2.48. The number of benzene rings is 1. The molecule has 1 aliphatic rings. The fourth-order valence-electron chi connectivity index (χ4n) is 3.28. The number of carbonyl (C=O) groups excluding carboxylic acids is 2. The third-order valence-electron chi connectivity index (χ3n) is 4.83. The number of ether oxygens (including phenoxy) is 1. The first-order valence-corrected chi connectivity index (χ1v) is 10.00. The first-order valence-electron chi connectivity index (χ1n) is 9.12. The van der Waals surface area contributed by atoms with Gasteiger partial charge >= 0.3 is 6.61 Å². The Morgan fingerprint density at radius 3 is 2.61 bits per heavy atom. The third kappa shape index (κ3) is 5.07. The van der Waals surface area contributed by atoms with Crippen LogP contribution in [0.1, 0.15) is 41.0 Å². The van der Waals surface area contributed by atoms with Gasteiger partial charge in [-0.3, -0.25) is 9.59 Å². The molecule has 3 rings (SSSR count). The molecule has 5 nitrogen and oxygen atoms in total. The van der Waals surface area contributed by atoms with Gasteiger partial charge in [0.1, 0.15) is 5.75 Å². The monoisotopic (exact) mass is 408 g/mol. The Morgan fingerprint density at radius 2 is 1.96 bits per heavy atom. The van der Waals surface area contributed by atoms with Crippen LogP contribution in [0.3, 0.4) is 0 Å². The van der Waals surface area contributed by atoms with Crippen molar-refractivity contribution in [3.8, 4) is 5.75 Å². The highest BCUT2D eigenvalue weighted by Crippen LogP contribution is 2.24. The second-order valence-electron chi connectivity index (χ2n) is 6.73. The van der Waals surface area contributed by atoms with E-state index < -0.39 is 6.61 Å². The van der Waals surface area contributed by atoms with Gasteiger partial charge in [0.15, 0.2) is 0 Å². The van der Waals surface area contributed by atoms with E-state index in [1.807, 2.05) is 11.4 Å². The van der Waals surface area contributed by atoms with Crippen molar-refractivity contribution >= 4 is 23.2 Å². The van der Waals surface area contributed by atoms with Crippen molar-refractivity contribution in [2.24, 2.45) is 5.92 Å². The van der Waals surface area contributed by atoms with Crippen LogP contribution in [-0.4, -0.2) is 36.4 Å². The zero-order valence-electron chi connectivity index (χ0n) is 15.4. The summed E-state index contributed by atoms with van der Waals surface area (Å²) in [6.45, 7) is -0.00125. The minimum Gasteiger partial charge on any atom is -0.435 e. The van der Waals surface area contributed by atoms with E-state index in [1.165, 1.54) is 23.5 Å². The Bertz CT molecular complexity index is 806. The Morgan fingerprint density at radius 1 is 1.21 bits per heavy atom. The van der Waals surface area contributed by atoms with Crippen LogP contribution in [0.25, 0.3) is 0 Å². The SMILES string of the molecule is CC(NC(=O)C1CCN(C(=O)c2cccs2)CC1)c1cccc(OC(F)F)c1. The number of amides is 2. The molecule has 1 aliphatic heterocycles. The van der Waals surface area contributed by atoms with Gasteiger partial charge in [-0.1, -0.05) is 18.2 Å². The number of likely N-dealkylation sites (tertiary alicyclic amines) is 1. The number of piperidine rings is 1. The molecule has 2 heterocycles. The molecule has 1 atom stereocenters. The van der Waals surface area contributed by atoms with Crippen LogP contribution in [0.5, 0.6) is 5.75 Å². The lowest BCUT2D eigenvalue weighted by molar-refractivity contribution is -0.127. The second-order valence-corrected chi connectivity index (χ2v) is 7.67. The Kier molecular flexibility index (Phi) is 6.61. The van der Waals surface area contributed by atoms with Crippen LogP contribution in [0, 0.1) is 5.92 Å². The molecule has 0 aliphatic carbocycles. The molecule has 0 saturated carbocycles. The van der Waals surface area contributed by atoms with E-state index in [2.05, 4.69) is 10.1 Å². The highest BCUT2D eigenvalue weighted by atomic mass is 32.1. The molecule has 0 spiro atoms. The molecule has 2 aromatic rings. The molecule has 1 fully saturated rings. The zero-order chi connectivity index (χ0) is 20.1. The highest BCUT2D eigenvalue weighted by Gasteiger charge is 2.28. The minimum atomic E-state index is -2.89.